The first-order valence-electron chi connectivity index (χ1n) is 5.82. The first-order chi connectivity index (χ1) is 9.15. The van der Waals surface area contributed by atoms with E-state index in [1.54, 1.807) is 24.3 Å². The number of ketones is 1. The van der Waals surface area contributed by atoms with Gasteiger partial charge in [0.25, 0.3) is 0 Å². The lowest BCUT2D eigenvalue weighted by Crippen LogP contribution is -2.06. The quantitative estimate of drug-likeness (QED) is 0.769. The second-order valence-corrected chi connectivity index (χ2v) is 4.42. The lowest BCUT2D eigenvalue weighted by molar-refractivity contribution is 0.0962. The van der Waals surface area contributed by atoms with Crippen LogP contribution in [0.5, 0.6) is 5.75 Å². The number of carbonyl (C=O) groups excluding carboxylic acids is 1. The fraction of sp³-hybridized carbons (Fsp3) is 0.133. The second kappa shape index (κ2) is 6.34. The minimum Gasteiger partial charge on any atom is -0.493 e. The van der Waals surface area contributed by atoms with Crippen LogP contribution in [0.2, 0.25) is 5.02 Å². The summed E-state index contributed by atoms with van der Waals surface area (Å²) in [7, 11) is 0. The van der Waals surface area contributed by atoms with Crippen LogP contribution in [-0.2, 0) is 0 Å². The standard InChI is InChI=1S/C15H12ClFO2/c16-12-2-1-3-14(10-12)19-9-8-15(18)11-4-6-13(17)7-5-11/h1-7,10H,8-9H2. The van der Waals surface area contributed by atoms with Crippen LogP contribution in [0.4, 0.5) is 4.39 Å². The largest absolute Gasteiger partial charge is 0.493 e. The molecule has 0 N–H and O–H groups in total. The topological polar surface area (TPSA) is 26.3 Å². The van der Waals surface area contributed by atoms with Gasteiger partial charge in [0, 0.05) is 17.0 Å². The number of rotatable bonds is 5. The summed E-state index contributed by atoms with van der Waals surface area (Å²) < 4.78 is 18.1. The van der Waals surface area contributed by atoms with Crippen LogP contribution in [0.1, 0.15) is 16.8 Å². The number of carbonyl (C=O) groups is 1. The van der Waals surface area contributed by atoms with Gasteiger partial charge in [0.2, 0.25) is 0 Å². The van der Waals surface area contributed by atoms with E-state index in [0.717, 1.165) is 0 Å². The van der Waals surface area contributed by atoms with Crippen molar-refractivity contribution in [3.8, 4) is 5.75 Å². The zero-order valence-electron chi connectivity index (χ0n) is 10.1. The van der Waals surface area contributed by atoms with Crippen molar-refractivity contribution in [3.63, 3.8) is 0 Å². The van der Waals surface area contributed by atoms with Crippen molar-refractivity contribution in [2.24, 2.45) is 0 Å². The Morgan fingerprint density at radius 3 is 2.58 bits per heavy atom. The molecule has 0 spiro atoms. The molecule has 0 radical (unpaired) electrons. The van der Waals surface area contributed by atoms with Crippen molar-refractivity contribution in [3.05, 3.63) is 64.9 Å². The summed E-state index contributed by atoms with van der Waals surface area (Å²) in [4.78, 5) is 11.8. The van der Waals surface area contributed by atoms with Crippen LogP contribution in [0.3, 0.4) is 0 Å². The minimum atomic E-state index is -0.355. The molecule has 0 unspecified atom stereocenters. The maximum Gasteiger partial charge on any atom is 0.166 e. The fourth-order valence-corrected chi connectivity index (χ4v) is 1.78. The van der Waals surface area contributed by atoms with E-state index in [1.165, 1.54) is 24.3 Å². The van der Waals surface area contributed by atoms with Gasteiger partial charge in [0.05, 0.1) is 6.61 Å². The van der Waals surface area contributed by atoms with Crippen molar-refractivity contribution in [1.29, 1.82) is 0 Å². The molecule has 0 aliphatic rings. The average Bonchev–Trinajstić information content (AvgIpc) is 2.39. The lowest BCUT2D eigenvalue weighted by Gasteiger charge is -2.06. The van der Waals surface area contributed by atoms with E-state index in [2.05, 4.69) is 0 Å². The van der Waals surface area contributed by atoms with Crippen molar-refractivity contribution >= 4 is 17.4 Å². The maximum atomic E-state index is 12.7. The highest BCUT2D eigenvalue weighted by molar-refractivity contribution is 6.30. The van der Waals surface area contributed by atoms with Gasteiger partial charge in [-0.15, -0.1) is 0 Å². The zero-order valence-corrected chi connectivity index (χ0v) is 10.9. The van der Waals surface area contributed by atoms with Gasteiger partial charge in [-0.2, -0.15) is 0 Å². The third-order valence-corrected chi connectivity index (χ3v) is 2.80. The Morgan fingerprint density at radius 2 is 1.89 bits per heavy atom. The monoisotopic (exact) mass is 278 g/mol. The molecule has 0 aliphatic carbocycles. The SMILES string of the molecule is O=C(CCOc1cccc(Cl)c1)c1ccc(F)cc1. The van der Waals surface area contributed by atoms with Gasteiger partial charge in [0.1, 0.15) is 11.6 Å². The highest BCUT2D eigenvalue weighted by atomic mass is 35.5. The van der Waals surface area contributed by atoms with E-state index in [0.29, 0.717) is 16.3 Å². The van der Waals surface area contributed by atoms with E-state index in [9.17, 15) is 9.18 Å². The van der Waals surface area contributed by atoms with E-state index < -0.39 is 0 Å². The van der Waals surface area contributed by atoms with Gasteiger partial charge < -0.3 is 4.74 Å². The predicted octanol–water partition coefficient (Wildman–Crippen LogP) is 4.13. The van der Waals surface area contributed by atoms with Crippen LogP contribution in [0.25, 0.3) is 0 Å². The molecule has 0 saturated heterocycles. The number of ether oxygens (including phenoxy) is 1. The summed E-state index contributed by atoms with van der Waals surface area (Å²) >= 11 is 5.81. The molecular formula is C15H12ClFO2. The molecule has 4 heteroatoms. The third-order valence-electron chi connectivity index (χ3n) is 2.56. The third kappa shape index (κ3) is 4.07. The Labute approximate surface area is 115 Å². The van der Waals surface area contributed by atoms with Crippen LogP contribution in [-0.4, -0.2) is 12.4 Å². The molecule has 2 aromatic rings. The van der Waals surface area contributed by atoms with E-state index in [-0.39, 0.29) is 24.6 Å². The molecule has 0 heterocycles. The first-order valence-corrected chi connectivity index (χ1v) is 6.20. The fourth-order valence-electron chi connectivity index (χ4n) is 1.60. The summed E-state index contributed by atoms with van der Waals surface area (Å²) in [5.41, 5.74) is 0.482. The number of Topliss-reactive ketones (excluding diaryl/α,β-unsaturated/α-hetero) is 1. The Kier molecular flexibility index (Phi) is 4.53. The van der Waals surface area contributed by atoms with Gasteiger partial charge in [-0.3, -0.25) is 4.79 Å². The summed E-state index contributed by atoms with van der Waals surface area (Å²) in [5, 5.41) is 0.586. The number of hydrogen-bond donors (Lipinski definition) is 0. The first kappa shape index (κ1) is 13.6. The number of benzene rings is 2. The Morgan fingerprint density at radius 1 is 1.16 bits per heavy atom. The molecule has 0 amide bonds. The highest BCUT2D eigenvalue weighted by Gasteiger charge is 2.06. The van der Waals surface area contributed by atoms with Gasteiger partial charge >= 0.3 is 0 Å². The zero-order chi connectivity index (χ0) is 13.7. The summed E-state index contributed by atoms with van der Waals surface area (Å²) in [6.45, 7) is 0.260. The van der Waals surface area contributed by atoms with E-state index in [1.807, 2.05) is 0 Å². The predicted molar refractivity (Wildman–Crippen MR) is 72.3 cm³/mol. The molecule has 0 aromatic heterocycles. The van der Waals surface area contributed by atoms with Gasteiger partial charge in [0.15, 0.2) is 5.78 Å². The molecule has 0 aliphatic heterocycles. The van der Waals surface area contributed by atoms with Crippen LogP contribution in [0, 0.1) is 5.82 Å². The maximum absolute atomic E-state index is 12.7. The lowest BCUT2D eigenvalue weighted by atomic mass is 10.1. The van der Waals surface area contributed by atoms with E-state index in [4.69, 9.17) is 16.3 Å². The molecule has 0 atom stereocenters. The van der Waals surface area contributed by atoms with Crippen LogP contribution >= 0.6 is 11.6 Å². The van der Waals surface area contributed by atoms with Crippen LogP contribution in [0.15, 0.2) is 48.5 Å². The molecule has 2 nitrogen and oxygen atoms in total. The summed E-state index contributed by atoms with van der Waals surface area (Å²) in [5.74, 6) is 0.188. The van der Waals surface area contributed by atoms with Crippen LogP contribution < -0.4 is 4.74 Å². The number of hydrogen-bond acceptors (Lipinski definition) is 2. The van der Waals surface area contributed by atoms with Crippen molar-refractivity contribution < 1.29 is 13.9 Å². The molecular weight excluding hydrogens is 267 g/mol. The molecule has 0 bridgehead atoms. The van der Waals surface area contributed by atoms with Gasteiger partial charge in [-0.05, 0) is 42.5 Å². The normalized spacial score (nSPS) is 10.2. The van der Waals surface area contributed by atoms with E-state index >= 15 is 0 Å². The summed E-state index contributed by atoms with van der Waals surface area (Å²) in [6.07, 6.45) is 0.234. The Balaban J connectivity index is 1.86. The van der Waals surface area contributed by atoms with Gasteiger partial charge in [-0.25, -0.2) is 4.39 Å². The smallest absolute Gasteiger partial charge is 0.166 e. The molecule has 2 aromatic carbocycles. The van der Waals surface area contributed by atoms with Crippen molar-refractivity contribution in [2.45, 2.75) is 6.42 Å². The van der Waals surface area contributed by atoms with Gasteiger partial charge in [-0.1, -0.05) is 17.7 Å². The molecule has 2 rings (SSSR count). The minimum absolute atomic E-state index is 0.0815. The molecule has 0 fully saturated rings. The van der Waals surface area contributed by atoms with Crippen molar-refractivity contribution in [2.75, 3.05) is 6.61 Å². The molecule has 0 saturated carbocycles. The number of halogens is 2. The Hall–Kier alpha value is -1.87. The average molecular weight is 279 g/mol. The summed E-state index contributed by atoms with van der Waals surface area (Å²) in [6, 6.07) is 12.5. The molecule has 98 valence electrons. The second-order valence-electron chi connectivity index (χ2n) is 3.99. The highest BCUT2D eigenvalue weighted by Crippen LogP contribution is 2.17. The molecule has 19 heavy (non-hydrogen) atoms. The van der Waals surface area contributed by atoms with Crippen molar-refractivity contribution in [1.82, 2.24) is 0 Å². The Bertz CT molecular complexity index is 567.